The second-order valence-electron chi connectivity index (χ2n) is 5.98. The molecule has 0 saturated heterocycles. The molecule has 1 rings (SSSR count). The molecule has 4 heteroatoms. The SMILES string of the molecule is CC(C)CC(O)CNCC(O)COC(C)c1ccccc1. The Labute approximate surface area is 128 Å². The molecule has 1 aromatic rings. The number of nitrogens with one attached hydrogen (secondary N) is 1. The summed E-state index contributed by atoms with van der Waals surface area (Å²) in [6, 6.07) is 9.94. The molecule has 0 bridgehead atoms. The lowest BCUT2D eigenvalue weighted by Crippen LogP contribution is -2.35. The number of ether oxygens (including phenoxy) is 1. The van der Waals surface area contributed by atoms with Crippen molar-refractivity contribution in [3.63, 3.8) is 0 Å². The highest BCUT2D eigenvalue weighted by Crippen LogP contribution is 2.15. The van der Waals surface area contributed by atoms with E-state index in [1.54, 1.807) is 0 Å². The summed E-state index contributed by atoms with van der Waals surface area (Å²) < 4.78 is 5.66. The molecule has 3 atom stereocenters. The van der Waals surface area contributed by atoms with Crippen LogP contribution in [0.25, 0.3) is 0 Å². The molecular weight excluding hydrogens is 266 g/mol. The van der Waals surface area contributed by atoms with Crippen LogP contribution in [0.2, 0.25) is 0 Å². The predicted molar refractivity (Wildman–Crippen MR) is 85.1 cm³/mol. The summed E-state index contributed by atoms with van der Waals surface area (Å²) >= 11 is 0. The molecule has 0 fully saturated rings. The van der Waals surface area contributed by atoms with E-state index in [2.05, 4.69) is 19.2 Å². The van der Waals surface area contributed by atoms with Gasteiger partial charge in [0.05, 0.1) is 24.9 Å². The van der Waals surface area contributed by atoms with Crippen LogP contribution in [0, 0.1) is 5.92 Å². The van der Waals surface area contributed by atoms with Crippen LogP contribution in [0.15, 0.2) is 30.3 Å². The molecule has 0 saturated carbocycles. The zero-order valence-corrected chi connectivity index (χ0v) is 13.3. The molecular formula is C17H29NO3. The van der Waals surface area contributed by atoms with Crippen molar-refractivity contribution in [2.75, 3.05) is 19.7 Å². The van der Waals surface area contributed by atoms with Gasteiger partial charge < -0.3 is 20.3 Å². The summed E-state index contributed by atoms with van der Waals surface area (Å²) in [5.74, 6) is 0.474. The summed E-state index contributed by atoms with van der Waals surface area (Å²) in [6.45, 7) is 7.35. The topological polar surface area (TPSA) is 61.7 Å². The molecule has 1 aromatic carbocycles. The second-order valence-corrected chi connectivity index (χ2v) is 5.98. The van der Waals surface area contributed by atoms with Crippen molar-refractivity contribution in [3.05, 3.63) is 35.9 Å². The van der Waals surface area contributed by atoms with Gasteiger partial charge in [0.15, 0.2) is 0 Å². The molecule has 0 heterocycles. The minimum Gasteiger partial charge on any atom is -0.392 e. The maximum Gasteiger partial charge on any atom is 0.0897 e. The molecule has 21 heavy (non-hydrogen) atoms. The molecule has 3 unspecified atom stereocenters. The van der Waals surface area contributed by atoms with E-state index in [-0.39, 0.29) is 18.8 Å². The Morgan fingerprint density at radius 2 is 1.62 bits per heavy atom. The third-order valence-corrected chi connectivity index (χ3v) is 3.31. The fourth-order valence-electron chi connectivity index (χ4n) is 2.18. The van der Waals surface area contributed by atoms with Gasteiger partial charge in [-0.05, 0) is 24.8 Å². The van der Waals surface area contributed by atoms with Gasteiger partial charge in [0.2, 0.25) is 0 Å². The maximum absolute atomic E-state index is 9.87. The van der Waals surface area contributed by atoms with Crippen LogP contribution >= 0.6 is 0 Å². The van der Waals surface area contributed by atoms with E-state index in [0.717, 1.165) is 12.0 Å². The minimum atomic E-state index is -0.567. The van der Waals surface area contributed by atoms with Crippen LogP contribution in [0.1, 0.15) is 38.9 Å². The van der Waals surface area contributed by atoms with Gasteiger partial charge in [0.1, 0.15) is 0 Å². The largest absolute Gasteiger partial charge is 0.392 e. The predicted octanol–water partition coefficient (Wildman–Crippen LogP) is 2.12. The molecule has 0 aliphatic carbocycles. The van der Waals surface area contributed by atoms with Gasteiger partial charge in [-0.15, -0.1) is 0 Å². The highest BCUT2D eigenvalue weighted by Gasteiger charge is 2.11. The molecule has 0 amide bonds. The van der Waals surface area contributed by atoms with Crippen LogP contribution < -0.4 is 5.32 Å². The average Bonchev–Trinajstić information content (AvgIpc) is 2.45. The van der Waals surface area contributed by atoms with E-state index >= 15 is 0 Å². The third-order valence-electron chi connectivity index (χ3n) is 3.31. The summed E-state index contributed by atoms with van der Waals surface area (Å²) in [5, 5.41) is 22.7. The van der Waals surface area contributed by atoms with Crippen LogP contribution in [-0.4, -0.2) is 42.1 Å². The monoisotopic (exact) mass is 295 g/mol. The maximum atomic E-state index is 9.87. The van der Waals surface area contributed by atoms with Crippen molar-refractivity contribution in [2.24, 2.45) is 5.92 Å². The van der Waals surface area contributed by atoms with E-state index < -0.39 is 6.10 Å². The first-order valence-corrected chi connectivity index (χ1v) is 7.72. The second kappa shape index (κ2) is 9.90. The van der Waals surface area contributed by atoms with Gasteiger partial charge in [-0.2, -0.15) is 0 Å². The first kappa shape index (κ1) is 18.1. The van der Waals surface area contributed by atoms with Gasteiger partial charge >= 0.3 is 0 Å². The van der Waals surface area contributed by atoms with Crippen molar-refractivity contribution >= 4 is 0 Å². The lowest BCUT2D eigenvalue weighted by Gasteiger charge is -2.18. The molecule has 0 radical (unpaired) electrons. The number of aliphatic hydroxyl groups is 2. The molecule has 3 N–H and O–H groups in total. The van der Waals surface area contributed by atoms with Gasteiger partial charge in [0, 0.05) is 13.1 Å². The van der Waals surface area contributed by atoms with Crippen molar-refractivity contribution in [3.8, 4) is 0 Å². The zero-order valence-electron chi connectivity index (χ0n) is 13.3. The number of benzene rings is 1. The fraction of sp³-hybridized carbons (Fsp3) is 0.647. The number of rotatable bonds is 10. The molecule has 4 nitrogen and oxygen atoms in total. The van der Waals surface area contributed by atoms with Crippen LogP contribution in [0.3, 0.4) is 0 Å². The molecule has 0 aromatic heterocycles. The highest BCUT2D eigenvalue weighted by molar-refractivity contribution is 5.16. The van der Waals surface area contributed by atoms with Gasteiger partial charge in [-0.25, -0.2) is 0 Å². The van der Waals surface area contributed by atoms with Crippen molar-refractivity contribution in [2.45, 2.75) is 45.5 Å². The lowest BCUT2D eigenvalue weighted by atomic mass is 10.1. The average molecular weight is 295 g/mol. The fourth-order valence-corrected chi connectivity index (χ4v) is 2.18. The summed E-state index contributed by atoms with van der Waals surface area (Å²) in [5.41, 5.74) is 1.10. The molecule has 0 spiro atoms. The lowest BCUT2D eigenvalue weighted by molar-refractivity contribution is -0.00305. The van der Waals surface area contributed by atoms with Crippen LogP contribution in [0.5, 0.6) is 0 Å². The third kappa shape index (κ3) is 8.17. The standard InChI is InChI=1S/C17H29NO3/c1-13(2)9-16(19)10-18-11-17(20)12-21-14(3)15-7-5-4-6-8-15/h4-8,13-14,16-20H,9-12H2,1-3H3. The Kier molecular flexibility index (Phi) is 8.54. The Morgan fingerprint density at radius 3 is 2.24 bits per heavy atom. The normalized spacial score (nSPS) is 15.9. The van der Waals surface area contributed by atoms with Crippen molar-refractivity contribution in [1.82, 2.24) is 5.32 Å². The Hall–Kier alpha value is -0.940. The first-order valence-electron chi connectivity index (χ1n) is 7.72. The Morgan fingerprint density at radius 1 is 1.00 bits per heavy atom. The highest BCUT2D eigenvalue weighted by atomic mass is 16.5. The summed E-state index contributed by atoms with van der Waals surface area (Å²) in [6.07, 6.45) is -0.193. The van der Waals surface area contributed by atoms with Crippen LogP contribution in [-0.2, 0) is 4.74 Å². The van der Waals surface area contributed by atoms with Gasteiger partial charge in [-0.1, -0.05) is 44.2 Å². The van der Waals surface area contributed by atoms with Gasteiger partial charge in [0.25, 0.3) is 0 Å². The molecule has 0 aliphatic heterocycles. The van der Waals surface area contributed by atoms with Gasteiger partial charge in [-0.3, -0.25) is 0 Å². The first-order chi connectivity index (χ1) is 9.99. The van der Waals surface area contributed by atoms with E-state index in [1.807, 2.05) is 37.3 Å². The Bertz CT molecular complexity index is 370. The molecule has 120 valence electrons. The minimum absolute atomic E-state index is 0.0348. The van der Waals surface area contributed by atoms with E-state index in [0.29, 0.717) is 19.0 Å². The smallest absolute Gasteiger partial charge is 0.0897 e. The summed E-state index contributed by atoms with van der Waals surface area (Å²) in [7, 11) is 0. The van der Waals surface area contributed by atoms with Crippen molar-refractivity contribution < 1.29 is 14.9 Å². The number of hydrogen-bond acceptors (Lipinski definition) is 4. The zero-order chi connectivity index (χ0) is 15.7. The van der Waals surface area contributed by atoms with E-state index in [9.17, 15) is 10.2 Å². The Balaban J connectivity index is 2.15. The summed E-state index contributed by atoms with van der Waals surface area (Å²) in [4.78, 5) is 0. The van der Waals surface area contributed by atoms with Crippen molar-refractivity contribution in [1.29, 1.82) is 0 Å². The van der Waals surface area contributed by atoms with Crippen LogP contribution in [0.4, 0.5) is 0 Å². The number of aliphatic hydroxyl groups excluding tert-OH is 2. The quantitative estimate of drug-likeness (QED) is 0.619. The van der Waals surface area contributed by atoms with E-state index in [1.165, 1.54) is 0 Å². The van der Waals surface area contributed by atoms with E-state index in [4.69, 9.17) is 4.74 Å². The molecule has 0 aliphatic rings. The number of hydrogen-bond donors (Lipinski definition) is 3.